The molecule has 0 radical (unpaired) electrons. The Morgan fingerprint density at radius 2 is 1.91 bits per heavy atom. The number of benzene rings is 2. The van der Waals surface area contributed by atoms with Crippen LogP contribution in [0.25, 0.3) is 33.3 Å². The Labute approximate surface area is 179 Å². The Morgan fingerprint density at radius 1 is 1.09 bits per heavy atom. The summed E-state index contributed by atoms with van der Waals surface area (Å²) in [5.41, 5.74) is 8.02. The summed E-state index contributed by atoms with van der Waals surface area (Å²) in [7, 11) is 0. The van der Waals surface area contributed by atoms with Gasteiger partial charge in [-0.3, -0.25) is 4.79 Å². The monoisotopic (exact) mass is 445 g/mol. The SMILES string of the molecule is Nc1c(-c2nc3ccc(N4CCCC(C(F)(F)F)C4)cc3[nH]2)c(=O)[nH]c2cc(F)ccc12. The number of pyridine rings is 1. The molecule has 166 valence electrons. The molecule has 1 unspecified atom stereocenters. The molecule has 0 saturated carbocycles. The summed E-state index contributed by atoms with van der Waals surface area (Å²) < 4.78 is 53.0. The van der Waals surface area contributed by atoms with Crippen LogP contribution in [0.2, 0.25) is 0 Å². The van der Waals surface area contributed by atoms with Crippen LogP contribution >= 0.6 is 0 Å². The molecule has 1 aliphatic rings. The highest BCUT2D eigenvalue weighted by molar-refractivity contribution is 5.97. The quantitative estimate of drug-likeness (QED) is 0.394. The minimum atomic E-state index is -4.22. The van der Waals surface area contributed by atoms with Gasteiger partial charge in [0.25, 0.3) is 5.56 Å². The van der Waals surface area contributed by atoms with Gasteiger partial charge in [0.15, 0.2) is 0 Å². The van der Waals surface area contributed by atoms with E-state index in [9.17, 15) is 22.4 Å². The van der Waals surface area contributed by atoms with Crippen molar-refractivity contribution in [2.75, 3.05) is 23.7 Å². The molecule has 0 amide bonds. The summed E-state index contributed by atoms with van der Waals surface area (Å²) in [5.74, 6) is -1.62. The lowest BCUT2D eigenvalue weighted by molar-refractivity contribution is -0.175. The fourth-order valence-electron chi connectivity index (χ4n) is 4.32. The first-order chi connectivity index (χ1) is 15.2. The molecule has 3 heterocycles. The van der Waals surface area contributed by atoms with Gasteiger partial charge in [-0.1, -0.05) is 0 Å². The second kappa shape index (κ2) is 7.25. The molecule has 1 saturated heterocycles. The molecule has 2 aromatic heterocycles. The molecule has 4 N–H and O–H groups in total. The third kappa shape index (κ3) is 3.45. The van der Waals surface area contributed by atoms with Crippen molar-refractivity contribution in [1.82, 2.24) is 15.0 Å². The van der Waals surface area contributed by atoms with Crippen LogP contribution in [-0.4, -0.2) is 34.2 Å². The van der Waals surface area contributed by atoms with Crippen molar-refractivity contribution in [2.24, 2.45) is 5.92 Å². The molecule has 5 rings (SSSR count). The Balaban J connectivity index is 1.54. The summed E-state index contributed by atoms with van der Waals surface area (Å²) in [6.45, 7) is 0.441. The molecule has 1 aliphatic heterocycles. The van der Waals surface area contributed by atoms with E-state index in [4.69, 9.17) is 5.73 Å². The Kier molecular flexibility index (Phi) is 4.61. The number of anilines is 2. The largest absolute Gasteiger partial charge is 0.397 e. The van der Waals surface area contributed by atoms with Gasteiger partial charge in [-0.15, -0.1) is 0 Å². The first-order valence-corrected chi connectivity index (χ1v) is 10.1. The van der Waals surface area contributed by atoms with Crippen molar-refractivity contribution in [3.05, 3.63) is 52.6 Å². The van der Waals surface area contributed by atoms with E-state index < -0.39 is 23.5 Å². The van der Waals surface area contributed by atoms with Crippen LogP contribution in [0.1, 0.15) is 12.8 Å². The van der Waals surface area contributed by atoms with Gasteiger partial charge in [-0.2, -0.15) is 13.2 Å². The normalized spacial score (nSPS) is 17.4. The van der Waals surface area contributed by atoms with Crippen LogP contribution < -0.4 is 16.2 Å². The highest BCUT2D eigenvalue weighted by atomic mass is 19.4. The standard InChI is InChI=1S/C22H19F4N5O/c23-12-3-5-14-16(8-12)30-21(32)18(19(14)27)20-28-15-6-4-13(9-17(15)29-20)31-7-1-2-11(10-31)22(24,25)26/h3-6,8-9,11H,1-2,7,10H2,(H,28,29)(H3,27,30,32). The summed E-state index contributed by atoms with van der Waals surface area (Å²) in [4.78, 5) is 24.5. The van der Waals surface area contributed by atoms with E-state index in [2.05, 4.69) is 15.0 Å². The average molecular weight is 445 g/mol. The number of nitrogens with one attached hydrogen (secondary N) is 2. The van der Waals surface area contributed by atoms with Gasteiger partial charge in [0.2, 0.25) is 0 Å². The zero-order chi connectivity index (χ0) is 22.6. The molecule has 0 spiro atoms. The van der Waals surface area contributed by atoms with Gasteiger partial charge in [-0.05, 0) is 49.2 Å². The van der Waals surface area contributed by atoms with Crippen molar-refractivity contribution < 1.29 is 17.6 Å². The van der Waals surface area contributed by atoms with E-state index in [-0.39, 0.29) is 35.6 Å². The number of piperidine rings is 1. The number of aromatic nitrogens is 3. The van der Waals surface area contributed by atoms with E-state index in [0.29, 0.717) is 35.1 Å². The van der Waals surface area contributed by atoms with Gasteiger partial charge >= 0.3 is 6.18 Å². The highest BCUT2D eigenvalue weighted by Crippen LogP contribution is 2.36. The van der Waals surface area contributed by atoms with Crippen molar-refractivity contribution in [3.63, 3.8) is 0 Å². The van der Waals surface area contributed by atoms with E-state index >= 15 is 0 Å². The topological polar surface area (TPSA) is 90.8 Å². The van der Waals surface area contributed by atoms with Crippen molar-refractivity contribution in [3.8, 4) is 11.4 Å². The first kappa shape index (κ1) is 20.3. The molecule has 4 aromatic rings. The molecule has 2 aromatic carbocycles. The van der Waals surface area contributed by atoms with E-state index in [1.807, 2.05) is 0 Å². The zero-order valence-corrected chi connectivity index (χ0v) is 16.8. The number of rotatable bonds is 2. The fraction of sp³-hybridized carbons (Fsp3) is 0.273. The van der Waals surface area contributed by atoms with E-state index in [0.717, 1.165) is 0 Å². The van der Waals surface area contributed by atoms with Gasteiger partial charge in [0.1, 0.15) is 17.2 Å². The Hall–Kier alpha value is -3.56. The number of aromatic amines is 2. The second-order valence-corrected chi connectivity index (χ2v) is 8.05. The number of nitrogen functional groups attached to an aromatic ring is 1. The minimum absolute atomic E-state index is 0.0934. The van der Waals surface area contributed by atoms with Crippen LogP contribution in [-0.2, 0) is 0 Å². The van der Waals surface area contributed by atoms with Gasteiger partial charge in [-0.25, -0.2) is 9.37 Å². The van der Waals surface area contributed by atoms with Crippen LogP contribution in [0, 0.1) is 11.7 Å². The smallest absolute Gasteiger partial charge is 0.393 e. The van der Waals surface area contributed by atoms with Gasteiger partial charge in [0.05, 0.1) is 28.2 Å². The van der Waals surface area contributed by atoms with Crippen LogP contribution in [0.3, 0.4) is 0 Å². The molecular formula is C22H19F4N5O. The average Bonchev–Trinajstić information content (AvgIpc) is 3.15. The van der Waals surface area contributed by atoms with Gasteiger partial charge in [0, 0.05) is 24.2 Å². The highest BCUT2D eigenvalue weighted by Gasteiger charge is 2.41. The number of alkyl halides is 3. The number of hydrogen-bond acceptors (Lipinski definition) is 4. The maximum absolute atomic E-state index is 13.5. The predicted octanol–water partition coefficient (Wildman–Crippen LogP) is 4.57. The van der Waals surface area contributed by atoms with Crippen molar-refractivity contribution >= 4 is 33.3 Å². The third-order valence-corrected chi connectivity index (χ3v) is 5.97. The fourth-order valence-corrected chi connectivity index (χ4v) is 4.32. The lowest BCUT2D eigenvalue weighted by atomic mass is 9.97. The van der Waals surface area contributed by atoms with Crippen LogP contribution in [0.5, 0.6) is 0 Å². The predicted molar refractivity (Wildman–Crippen MR) is 115 cm³/mol. The van der Waals surface area contributed by atoms with E-state index in [1.165, 1.54) is 18.2 Å². The summed E-state index contributed by atoms with van der Waals surface area (Å²) in [5, 5.41) is 0.480. The second-order valence-electron chi connectivity index (χ2n) is 8.05. The number of imidazole rings is 1. The molecule has 32 heavy (non-hydrogen) atoms. The molecule has 6 nitrogen and oxygen atoms in total. The molecular weight excluding hydrogens is 426 g/mol. The van der Waals surface area contributed by atoms with Crippen LogP contribution in [0.15, 0.2) is 41.2 Å². The molecule has 1 fully saturated rings. The van der Waals surface area contributed by atoms with E-state index in [1.54, 1.807) is 23.1 Å². The molecule has 0 aliphatic carbocycles. The number of nitrogens with two attached hydrogens (primary N) is 1. The zero-order valence-electron chi connectivity index (χ0n) is 16.8. The lowest BCUT2D eigenvalue weighted by Crippen LogP contribution is -2.41. The Bertz CT molecular complexity index is 1390. The Morgan fingerprint density at radius 3 is 2.69 bits per heavy atom. The molecule has 1 atom stereocenters. The molecule has 10 heteroatoms. The number of hydrogen-bond donors (Lipinski definition) is 3. The summed E-state index contributed by atoms with van der Waals surface area (Å²) >= 11 is 0. The summed E-state index contributed by atoms with van der Waals surface area (Å²) in [6, 6.07) is 9.07. The maximum Gasteiger partial charge on any atom is 0.393 e. The lowest BCUT2D eigenvalue weighted by Gasteiger charge is -2.35. The van der Waals surface area contributed by atoms with Gasteiger partial charge < -0.3 is 20.6 Å². The first-order valence-electron chi connectivity index (χ1n) is 10.1. The third-order valence-electron chi connectivity index (χ3n) is 5.97. The molecule has 0 bridgehead atoms. The van der Waals surface area contributed by atoms with Crippen molar-refractivity contribution in [2.45, 2.75) is 19.0 Å². The number of fused-ring (bicyclic) bond motifs is 2. The summed E-state index contributed by atoms with van der Waals surface area (Å²) in [6.07, 6.45) is -3.63. The maximum atomic E-state index is 13.5. The minimum Gasteiger partial charge on any atom is -0.397 e. The number of halogens is 4. The number of nitrogens with zero attached hydrogens (tertiary/aromatic N) is 2. The van der Waals surface area contributed by atoms with Crippen LogP contribution in [0.4, 0.5) is 28.9 Å². The number of H-pyrrole nitrogens is 2. The van der Waals surface area contributed by atoms with Crippen molar-refractivity contribution in [1.29, 1.82) is 0 Å².